The van der Waals surface area contributed by atoms with Crippen LogP contribution in [-0.4, -0.2) is 38.3 Å². The highest BCUT2D eigenvalue weighted by molar-refractivity contribution is 5.44. The van der Waals surface area contributed by atoms with Gasteiger partial charge < -0.3 is 37.0 Å². The van der Waals surface area contributed by atoms with Crippen LogP contribution in [0.5, 0.6) is 11.5 Å². The highest BCUT2D eigenvalue weighted by Gasteiger charge is 2.12. The van der Waals surface area contributed by atoms with Gasteiger partial charge >= 0.3 is 0 Å². The van der Waals surface area contributed by atoms with Crippen molar-refractivity contribution >= 4 is 0 Å². The number of hydrogen-bond acceptors (Lipinski definition) is 5. The van der Waals surface area contributed by atoms with Gasteiger partial charge in [-0.3, -0.25) is 0 Å². The lowest BCUT2D eigenvalue weighted by Crippen LogP contribution is -3.00. The fourth-order valence-corrected chi connectivity index (χ4v) is 1.59. The first-order valence-corrected chi connectivity index (χ1v) is 5.68. The minimum Gasteiger partial charge on any atom is -1.00 e. The highest BCUT2D eigenvalue weighted by atomic mass is 35.5. The third kappa shape index (κ3) is 4.34. The first-order valence-electron chi connectivity index (χ1n) is 5.68. The second-order valence-corrected chi connectivity index (χ2v) is 3.70. The van der Waals surface area contributed by atoms with Gasteiger partial charge in [-0.1, -0.05) is 6.07 Å². The van der Waals surface area contributed by atoms with E-state index in [2.05, 4.69) is 5.32 Å². The van der Waals surface area contributed by atoms with Gasteiger partial charge in [0.25, 0.3) is 0 Å². The van der Waals surface area contributed by atoms with Gasteiger partial charge in [0.15, 0.2) is 11.5 Å². The number of aliphatic hydroxyl groups excluding tert-OH is 1. The van der Waals surface area contributed by atoms with Gasteiger partial charge in [0.05, 0.1) is 19.8 Å². The summed E-state index contributed by atoms with van der Waals surface area (Å²) in [4.78, 5) is 0. The lowest BCUT2D eigenvalue weighted by atomic mass is 10.2. The molecule has 1 aliphatic rings. The van der Waals surface area contributed by atoms with Crippen molar-refractivity contribution < 1.29 is 31.7 Å². The van der Waals surface area contributed by atoms with Crippen molar-refractivity contribution in [2.75, 3.05) is 33.2 Å². The molecule has 2 N–H and O–H groups in total. The summed E-state index contributed by atoms with van der Waals surface area (Å²) in [5.41, 5.74) is 1.15. The third-order valence-corrected chi connectivity index (χ3v) is 2.42. The molecule has 5 nitrogen and oxygen atoms in total. The average Bonchev–Trinajstić information content (AvgIpc) is 2.81. The zero-order chi connectivity index (χ0) is 11.9. The van der Waals surface area contributed by atoms with Crippen molar-refractivity contribution in [1.82, 2.24) is 5.32 Å². The smallest absolute Gasteiger partial charge is 0.231 e. The second kappa shape index (κ2) is 8.16. The topological polar surface area (TPSA) is 60.0 Å². The van der Waals surface area contributed by atoms with E-state index < -0.39 is 0 Å². The van der Waals surface area contributed by atoms with Gasteiger partial charge in [-0.2, -0.15) is 0 Å². The summed E-state index contributed by atoms with van der Waals surface area (Å²) in [5, 5.41) is 11.8. The molecule has 0 spiro atoms. The molecular weight excluding hydrogens is 258 g/mol. The molecular formula is C12H17ClNO4-. The number of rotatable bonds is 7. The summed E-state index contributed by atoms with van der Waals surface area (Å²) < 4.78 is 15.7. The van der Waals surface area contributed by atoms with Crippen LogP contribution in [0, 0.1) is 0 Å². The van der Waals surface area contributed by atoms with Gasteiger partial charge in [0.1, 0.15) is 0 Å². The molecule has 0 saturated heterocycles. The maximum absolute atomic E-state index is 8.52. The summed E-state index contributed by atoms with van der Waals surface area (Å²) in [6.45, 7) is 2.90. The van der Waals surface area contributed by atoms with E-state index in [1.807, 2.05) is 18.2 Å². The summed E-state index contributed by atoms with van der Waals surface area (Å²) in [6.07, 6.45) is 0. The van der Waals surface area contributed by atoms with E-state index in [1.165, 1.54) is 0 Å². The van der Waals surface area contributed by atoms with E-state index in [4.69, 9.17) is 19.3 Å². The van der Waals surface area contributed by atoms with Gasteiger partial charge in [-0.15, -0.1) is 0 Å². The molecule has 2 rings (SSSR count). The van der Waals surface area contributed by atoms with E-state index >= 15 is 0 Å². The van der Waals surface area contributed by atoms with Crippen molar-refractivity contribution in [3.63, 3.8) is 0 Å². The van der Waals surface area contributed by atoms with Gasteiger partial charge in [0, 0.05) is 13.1 Å². The minimum absolute atomic E-state index is 0. The first kappa shape index (κ1) is 15.0. The largest absolute Gasteiger partial charge is 1.00 e. The van der Waals surface area contributed by atoms with E-state index in [-0.39, 0.29) is 19.0 Å². The molecule has 1 aromatic carbocycles. The number of ether oxygens (including phenoxy) is 3. The molecule has 1 aliphatic heterocycles. The van der Waals surface area contributed by atoms with Crippen molar-refractivity contribution in [2.45, 2.75) is 6.54 Å². The molecule has 0 unspecified atom stereocenters. The fraction of sp³-hybridized carbons (Fsp3) is 0.500. The van der Waals surface area contributed by atoms with Crippen LogP contribution in [0.15, 0.2) is 18.2 Å². The Morgan fingerprint density at radius 3 is 2.89 bits per heavy atom. The predicted octanol–water partition coefficient (Wildman–Crippen LogP) is -2.48. The average molecular weight is 275 g/mol. The van der Waals surface area contributed by atoms with E-state index in [9.17, 15) is 0 Å². The summed E-state index contributed by atoms with van der Waals surface area (Å²) in [6, 6.07) is 5.90. The van der Waals surface area contributed by atoms with Crippen LogP contribution < -0.4 is 27.2 Å². The molecule has 0 radical (unpaired) electrons. The van der Waals surface area contributed by atoms with Crippen LogP contribution in [0.2, 0.25) is 0 Å². The second-order valence-electron chi connectivity index (χ2n) is 3.70. The number of fused-ring (bicyclic) bond motifs is 1. The quantitative estimate of drug-likeness (QED) is 0.539. The molecule has 102 valence electrons. The Morgan fingerprint density at radius 2 is 2.06 bits per heavy atom. The Bertz CT molecular complexity index is 362. The molecule has 1 heterocycles. The van der Waals surface area contributed by atoms with E-state index in [0.29, 0.717) is 20.0 Å². The minimum atomic E-state index is 0. The molecule has 18 heavy (non-hydrogen) atoms. The van der Waals surface area contributed by atoms with Crippen LogP contribution in [0.1, 0.15) is 5.56 Å². The standard InChI is InChI=1S/C12H17NO4.ClH/c14-4-6-15-5-3-13-8-10-1-2-11-12(7-10)17-9-16-11;/h1-2,7,13-14H,3-6,8-9H2;1H/p-1. The summed E-state index contributed by atoms with van der Waals surface area (Å²) >= 11 is 0. The van der Waals surface area contributed by atoms with Crippen molar-refractivity contribution in [3.05, 3.63) is 23.8 Å². The highest BCUT2D eigenvalue weighted by Crippen LogP contribution is 2.32. The zero-order valence-corrected chi connectivity index (χ0v) is 10.8. The van der Waals surface area contributed by atoms with E-state index in [0.717, 1.165) is 30.2 Å². The predicted molar refractivity (Wildman–Crippen MR) is 62.2 cm³/mol. The van der Waals surface area contributed by atoms with Crippen molar-refractivity contribution in [1.29, 1.82) is 0 Å². The SMILES string of the molecule is OCCOCCNCc1ccc2c(c1)OCO2.[Cl-]. The van der Waals surface area contributed by atoms with Crippen LogP contribution >= 0.6 is 0 Å². The van der Waals surface area contributed by atoms with Crippen LogP contribution in [0.3, 0.4) is 0 Å². The normalized spacial score (nSPS) is 12.3. The Morgan fingerprint density at radius 1 is 1.22 bits per heavy atom. The Labute approximate surface area is 112 Å². The molecule has 0 atom stereocenters. The Balaban J connectivity index is 0.00000162. The van der Waals surface area contributed by atoms with Gasteiger partial charge in [-0.25, -0.2) is 0 Å². The van der Waals surface area contributed by atoms with Crippen LogP contribution in [0.25, 0.3) is 0 Å². The monoisotopic (exact) mass is 274 g/mol. The molecule has 1 aromatic rings. The van der Waals surface area contributed by atoms with Gasteiger partial charge in [-0.05, 0) is 17.7 Å². The van der Waals surface area contributed by atoms with Gasteiger partial charge in [0.2, 0.25) is 6.79 Å². The lowest BCUT2D eigenvalue weighted by molar-refractivity contribution is -0.00000625. The van der Waals surface area contributed by atoms with Crippen molar-refractivity contribution in [3.8, 4) is 11.5 Å². The number of benzene rings is 1. The zero-order valence-electron chi connectivity index (χ0n) is 10.0. The Kier molecular flexibility index (Phi) is 6.82. The molecule has 6 heteroatoms. The molecule has 0 fully saturated rings. The maximum atomic E-state index is 8.52. The van der Waals surface area contributed by atoms with Crippen LogP contribution in [-0.2, 0) is 11.3 Å². The number of halogens is 1. The summed E-state index contributed by atoms with van der Waals surface area (Å²) in [7, 11) is 0. The number of hydrogen-bond donors (Lipinski definition) is 2. The fourth-order valence-electron chi connectivity index (χ4n) is 1.59. The number of aliphatic hydroxyl groups is 1. The maximum Gasteiger partial charge on any atom is 0.231 e. The van der Waals surface area contributed by atoms with E-state index in [1.54, 1.807) is 0 Å². The lowest BCUT2D eigenvalue weighted by Gasteiger charge is -2.06. The number of nitrogens with one attached hydrogen (secondary N) is 1. The summed E-state index contributed by atoms with van der Waals surface area (Å²) in [5.74, 6) is 1.61. The molecule has 0 saturated carbocycles. The first-order chi connectivity index (χ1) is 8.40. The third-order valence-electron chi connectivity index (χ3n) is 2.42. The van der Waals surface area contributed by atoms with Crippen LogP contribution in [0.4, 0.5) is 0 Å². The Hall–Kier alpha value is -1.01. The molecule has 0 bridgehead atoms. The van der Waals surface area contributed by atoms with Crippen molar-refractivity contribution in [2.24, 2.45) is 0 Å². The molecule has 0 amide bonds. The molecule has 0 aromatic heterocycles. The molecule has 0 aliphatic carbocycles.